The van der Waals surface area contributed by atoms with E-state index in [1.165, 1.54) is 11.1 Å². The van der Waals surface area contributed by atoms with Crippen LogP contribution in [-0.4, -0.2) is 39.1 Å². The Morgan fingerprint density at radius 2 is 1.63 bits per heavy atom. The second-order valence-electron chi connectivity index (χ2n) is 5.96. The van der Waals surface area contributed by atoms with Crippen LogP contribution < -0.4 is 20.7 Å². The van der Waals surface area contributed by atoms with Gasteiger partial charge >= 0.3 is 0 Å². The Kier molecular flexibility index (Phi) is 8.16. The number of carbonyl (C=O) groups excluding carboxylic acids is 1. The van der Waals surface area contributed by atoms with Gasteiger partial charge in [0, 0.05) is 32.2 Å². The molecular formula is C21H28N4O2. The standard InChI is InChI=1S/C21H28N4O2/c1-4-16-7-5-6-8-18(16)15-25-21(22-2)24-14-13-23-20(26)17-9-11-19(27-3)12-10-17/h5-12H,4,13-15H2,1-3H3,(H,23,26)(H2,22,24,25). The third-order valence-corrected chi connectivity index (χ3v) is 4.22. The van der Waals surface area contributed by atoms with Gasteiger partial charge in [-0.2, -0.15) is 0 Å². The molecule has 0 aliphatic carbocycles. The van der Waals surface area contributed by atoms with Crippen LogP contribution in [0.25, 0.3) is 0 Å². The van der Waals surface area contributed by atoms with Crippen LogP contribution in [0, 0.1) is 0 Å². The summed E-state index contributed by atoms with van der Waals surface area (Å²) in [6, 6.07) is 15.4. The molecule has 0 heterocycles. The van der Waals surface area contributed by atoms with Crippen LogP contribution in [0.2, 0.25) is 0 Å². The Morgan fingerprint density at radius 3 is 2.26 bits per heavy atom. The van der Waals surface area contributed by atoms with E-state index < -0.39 is 0 Å². The molecule has 1 amide bonds. The lowest BCUT2D eigenvalue weighted by atomic mass is 10.1. The van der Waals surface area contributed by atoms with Crippen molar-refractivity contribution < 1.29 is 9.53 Å². The van der Waals surface area contributed by atoms with E-state index in [1.807, 2.05) is 6.07 Å². The first-order chi connectivity index (χ1) is 13.2. The number of aliphatic imine (C=N–C) groups is 1. The van der Waals surface area contributed by atoms with E-state index in [1.54, 1.807) is 38.4 Å². The number of hydrogen-bond acceptors (Lipinski definition) is 3. The van der Waals surface area contributed by atoms with Gasteiger partial charge in [0.15, 0.2) is 5.96 Å². The average molecular weight is 368 g/mol. The molecule has 6 nitrogen and oxygen atoms in total. The predicted molar refractivity (Wildman–Crippen MR) is 109 cm³/mol. The summed E-state index contributed by atoms with van der Waals surface area (Å²) in [5.74, 6) is 1.33. The molecule has 0 saturated carbocycles. The van der Waals surface area contributed by atoms with Crippen molar-refractivity contribution in [2.75, 3.05) is 27.2 Å². The molecule has 2 aromatic carbocycles. The van der Waals surface area contributed by atoms with Crippen molar-refractivity contribution in [1.29, 1.82) is 0 Å². The van der Waals surface area contributed by atoms with E-state index in [0.29, 0.717) is 31.2 Å². The van der Waals surface area contributed by atoms with E-state index in [4.69, 9.17) is 4.74 Å². The third kappa shape index (κ3) is 6.33. The van der Waals surface area contributed by atoms with Crippen LogP contribution in [0.3, 0.4) is 0 Å². The highest BCUT2D eigenvalue weighted by molar-refractivity contribution is 5.94. The maximum atomic E-state index is 12.1. The molecule has 0 aromatic heterocycles. The van der Waals surface area contributed by atoms with E-state index >= 15 is 0 Å². The van der Waals surface area contributed by atoms with E-state index in [2.05, 4.69) is 46.1 Å². The topological polar surface area (TPSA) is 74.8 Å². The number of ether oxygens (including phenoxy) is 1. The highest BCUT2D eigenvalue weighted by Crippen LogP contribution is 2.11. The Morgan fingerprint density at radius 1 is 0.963 bits per heavy atom. The predicted octanol–water partition coefficient (Wildman–Crippen LogP) is 2.35. The van der Waals surface area contributed by atoms with Gasteiger partial charge in [0.05, 0.1) is 7.11 Å². The number of rotatable bonds is 8. The number of aryl methyl sites for hydroxylation is 1. The van der Waals surface area contributed by atoms with Crippen LogP contribution in [0.5, 0.6) is 5.75 Å². The Bertz CT molecular complexity index is 757. The average Bonchev–Trinajstić information content (AvgIpc) is 2.73. The van der Waals surface area contributed by atoms with Gasteiger partial charge in [0.25, 0.3) is 5.91 Å². The van der Waals surface area contributed by atoms with E-state index in [-0.39, 0.29) is 5.91 Å². The van der Waals surface area contributed by atoms with Crippen LogP contribution in [0.15, 0.2) is 53.5 Å². The monoisotopic (exact) mass is 368 g/mol. The molecule has 2 rings (SSSR count). The second-order valence-corrected chi connectivity index (χ2v) is 5.96. The molecule has 0 aliphatic rings. The van der Waals surface area contributed by atoms with Crippen LogP contribution in [-0.2, 0) is 13.0 Å². The number of methoxy groups -OCH3 is 1. The summed E-state index contributed by atoms with van der Waals surface area (Å²) >= 11 is 0. The number of carbonyl (C=O) groups is 1. The second kappa shape index (κ2) is 10.9. The summed E-state index contributed by atoms with van der Waals surface area (Å²) in [5.41, 5.74) is 3.19. The molecule has 0 fully saturated rings. The fourth-order valence-electron chi connectivity index (χ4n) is 2.68. The molecule has 2 aromatic rings. The number of nitrogens with one attached hydrogen (secondary N) is 3. The largest absolute Gasteiger partial charge is 0.497 e. The van der Waals surface area contributed by atoms with Gasteiger partial charge in [-0.3, -0.25) is 9.79 Å². The van der Waals surface area contributed by atoms with Gasteiger partial charge in [-0.1, -0.05) is 31.2 Å². The fraction of sp³-hybridized carbons (Fsp3) is 0.333. The number of nitrogens with zero attached hydrogens (tertiary/aromatic N) is 1. The van der Waals surface area contributed by atoms with Crippen molar-refractivity contribution >= 4 is 11.9 Å². The van der Waals surface area contributed by atoms with Crippen LogP contribution >= 0.6 is 0 Å². The van der Waals surface area contributed by atoms with Gasteiger partial charge in [-0.25, -0.2) is 0 Å². The zero-order valence-electron chi connectivity index (χ0n) is 16.2. The molecule has 3 N–H and O–H groups in total. The lowest BCUT2D eigenvalue weighted by molar-refractivity contribution is 0.0954. The van der Waals surface area contributed by atoms with Gasteiger partial charge in [0.1, 0.15) is 5.75 Å². The van der Waals surface area contributed by atoms with Crippen molar-refractivity contribution in [3.05, 3.63) is 65.2 Å². The smallest absolute Gasteiger partial charge is 0.251 e. The highest BCUT2D eigenvalue weighted by Gasteiger charge is 2.05. The Labute approximate surface area is 161 Å². The normalized spacial score (nSPS) is 11.0. The van der Waals surface area contributed by atoms with Gasteiger partial charge < -0.3 is 20.7 Å². The first kappa shape index (κ1) is 20.3. The minimum absolute atomic E-state index is 0.112. The van der Waals surface area contributed by atoms with Gasteiger partial charge in [-0.05, 0) is 41.8 Å². The van der Waals surface area contributed by atoms with Crippen molar-refractivity contribution in [3.63, 3.8) is 0 Å². The minimum Gasteiger partial charge on any atom is -0.497 e. The quantitative estimate of drug-likeness (QED) is 0.380. The summed E-state index contributed by atoms with van der Waals surface area (Å²) in [4.78, 5) is 16.3. The number of guanidine groups is 1. The molecule has 0 saturated heterocycles. The highest BCUT2D eigenvalue weighted by atomic mass is 16.5. The first-order valence-electron chi connectivity index (χ1n) is 9.11. The lowest BCUT2D eigenvalue weighted by Crippen LogP contribution is -2.41. The maximum absolute atomic E-state index is 12.1. The maximum Gasteiger partial charge on any atom is 0.251 e. The lowest BCUT2D eigenvalue weighted by Gasteiger charge is -2.14. The Hall–Kier alpha value is -3.02. The molecule has 144 valence electrons. The molecular weight excluding hydrogens is 340 g/mol. The third-order valence-electron chi connectivity index (χ3n) is 4.22. The van der Waals surface area contributed by atoms with Crippen LogP contribution in [0.4, 0.5) is 0 Å². The van der Waals surface area contributed by atoms with Crippen molar-refractivity contribution in [2.45, 2.75) is 19.9 Å². The van der Waals surface area contributed by atoms with Crippen molar-refractivity contribution in [2.24, 2.45) is 4.99 Å². The molecule has 6 heteroatoms. The minimum atomic E-state index is -0.112. The number of hydrogen-bond donors (Lipinski definition) is 3. The number of benzene rings is 2. The van der Waals surface area contributed by atoms with E-state index in [9.17, 15) is 4.79 Å². The van der Waals surface area contributed by atoms with Gasteiger partial charge in [0.2, 0.25) is 0 Å². The summed E-state index contributed by atoms with van der Waals surface area (Å²) in [6.07, 6.45) is 1.00. The van der Waals surface area contributed by atoms with Crippen molar-refractivity contribution in [3.8, 4) is 5.75 Å². The molecule has 0 spiro atoms. The molecule has 0 radical (unpaired) electrons. The molecule has 0 bridgehead atoms. The summed E-state index contributed by atoms with van der Waals surface area (Å²) in [7, 11) is 3.33. The van der Waals surface area contributed by atoms with Crippen molar-refractivity contribution in [1.82, 2.24) is 16.0 Å². The first-order valence-corrected chi connectivity index (χ1v) is 9.11. The fourth-order valence-corrected chi connectivity index (χ4v) is 2.68. The SMILES string of the molecule is CCc1ccccc1CNC(=NC)NCCNC(=O)c1ccc(OC)cc1. The van der Waals surface area contributed by atoms with E-state index in [0.717, 1.165) is 12.2 Å². The molecule has 0 aliphatic heterocycles. The Balaban J connectivity index is 1.73. The van der Waals surface area contributed by atoms with Crippen LogP contribution in [0.1, 0.15) is 28.4 Å². The molecule has 0 atom stereocenters. The summed E-state index contributed by atoms with van der Waals surface area (Å²) in [6.45, 7) is 3.94. The summed E-state index contributed by atoms with van der Waals surface area (Å²) in [5, 5.41) is 9.39. The number of amides is 1. The summed E-state index contributed by atoms with van der Waals surface area (Å²) < 4.78 is 5.09. The molecule has 0 unspecified atom stereocenters. The molecule has 27 heavy (non-hydrogen) atoms. The zero-order valence-corrected chi connectivity index (χ0v) is 16.2. The zero-order chi connectivity index (χ0) is 19.5. The van der Waals surface area contributed by atoms with Gasteiger partial charge in [-0.15, -0.1) is 0 Å².